The number of aliphatic hydroxyl groups excluding tert-OH is 1. The van der Waals surface area contributed by atoms with Crippen molar-refractivity contribution < 1.29 is 9.84 Å². The number of hydrogen-bond acceptors (Lipinski definition) is 6. The highest BCUT2D eigenvalue weighted by molar-refractivity contribution is 5.51. The molecule has 3 aliphatic heterocycles. The Morgan fingerprint density at radius 2 is 2.35 bits per heavy atom. The normalized spacial score (nSPS) is 38.0. The average Bonchev–Trinajstić information content (AvgIpc) is 3.13. The van der Waals surface area contributed by atoms with Crippen LogP contribution in [0, 0.1) is 23.2 Å². The van der Waals surface area contributed by atoms with E-state index >= 15 is 0 Å². The van der Waals surface area contributed by atoms with E-state index in [1.54, 1.807) is 6.20 Å². The van der Waals surface area contributed by atoms with Crippen LogP contribution in [0.15, 0.2) is 12.4 Å². The zero-order valence-electron chi connectivity index (χ0n) is 11.1. The van der Waals surface area contributed by atoms with Gasteiger partial charge in [0, 0.05) is 43.9 Å². The first kappa shape index (κ1) is 12.1. The molecule has 0 aliphatic carbocycles. The van der Waals surface area contributed by atoms with Gasteiger partial charge in [0.05, 0.1) is 11.7 Å². The molecule has 3 fully saturated rings. The Morgan fingerprint density at radius 1 is 1.50 bits per heavy atom. The van der Waals surface area contributed by atoms with E-state index in [0.29, 0.717) is 17.4 Å². The molecule has 20 heavy (non-hydrogen) atoms. The Morgan fingerprint density at radius 3 is 3.15 bits per heavy atom. The number of nitrogens with zero attached hydrogens (tertiary/aromatic N) is 4. The van der Waals surface area contributed by atoms with Crippen molar-refractivity contribution in [3.63, 3.8) is 0 Å². The van der Waals surface area contributed by atoms with Gasteiger partial charge in [-0.3, -0.25) is 0 Å². The summed E-state index contributed by atoms with van der Waals surface area (Å²) in [7, 11) is 0. The van der Waals surface area contributed by atoms with Gasteiger partial charge in [0.1, 0.15) is 6.07 Å². The number of nitriles is 1. The highest BCUT2D eigenvalue weighted by Gasteiger charge is 2.63. The molecule has 3 aliphatic rings. The maximum Gasteiger partial charge on any atom is 0.183 e. The summed E-state index contributed by atoms with van der Waals surface area (Å²) in [4.78, 5) is 10.5. The molecular weight excluding hydrogens is 256 g/mol. The van der Waals surface area contributed by atoms with Crippen LogP contribution in [0.3, 0.4) is 0 Å². The minimum absolute atomic E-state index is 0.150. The van der Waals surface area contributed by atoms with Crippen molar-refractivity contribution in [3.05, 3.63) is 18.1 Å². The summed E-state index contributed by atoms with van der Waals surface area (Å²) in [6.07, 6.45) is 5.43. The number of fused-ring (bicyclic) bond motifs is 1. The first-order chi connectivity index (χ1) is 9.77. The third kappa shape index (κ3) is 1.45. The maximum atomic E-state index is 9.61. The van der Waals surface area contributed by atoms with E-state index in [2.05, 4.69) is 20.9 Å². The van der Waals surface area contributed by atoms with Crippen molar-refractivity contribution in [2.75, 3.05) is 24.6 Å². The molecular formula is C14H16N4O2. The number of ether oxygens (including phenoxy) is 1. The van der Waals surface area contributed by atoms with E-state index in [9.17, 15) is 5.11 Å². The number of aromatic nitrogens is 2. The summed E-state index contributed by atoms with van der Waals surface area (Å²) in [6.45, 7) is 1.71. The second-order valence-corrected chi connectivity index (χ2v) is 5.93. The van der Waals surface area contributed by atoms with E-state index in [1.807, 2.05) is 0 Å². The lowest BCUT2D eigenvalue weighted by atomic mass is 9.74. The van der Waals surface area contributed by atoms with Crippen LogP contribution in [-0.2, 0) is 4.74 Å². The zero-order valence-corrected chi connectivity index (χ0v) is 11.1. The molecule has 0 saturated carbocycles. The van der Waals surface area contributed by atoms with Gasteiger partial charge in [0.15, 0.2) is 11.5 Å². The summed E-state index contributed by atoms with van der Waals surface area (Å²) < 4.78 is 6.18. The van der Waals surface area contributed by atoms with Crippen LogP contribution in [0.5, 0.6) is 0 Å². The van der Waals surface area contributed by atoms with E-state index in [4.69, 9.17) is 10.00 Å². The first-order valence-corrected chi connectivity index (χ1v) is 7.02. The summed E-state index contributed by atoms with van der Waals surface area (Å²) in [5.74, 6) is 1.19. The SMILES string of the molecule is N#Cc1nccnc1N1C[C@H]2[C@@H](CO)[C@@H]3CC[C@@]2(C1)O3. The van der Waals surface area contributed by atoms with Crippen molar-refractivity contribution >= 4 is 5.82 Å². The van der Waals surface area contributed by atoms with Gasteiger partial charge < -0.3 is 14.7 Å². The van der Waals surface area contributed by atoms with Crippen LogP contribution >= 0.6 is 0 Å². The topological polar surface area (TPSA) is 82.3 Å². The fourth-order valence-corrected chi connectivity index (χ4v) is 4.24. The Kier molecular flexibility index (Phi) is 2.50. The second kappa shape index (κ2) is 4.14. The van der Waals surface area contributed by atoms with Crippen LogP contribution in [-0.4, -0.2) is 46.5 Å². The van der Waals surface area contributed by atoms with E-state index in [1.165, 1.54) is 6.20 Å². The Labute approximate surface area is 117 Å². The van der Waals surface area contributed by atoms with Crippen LogP contribution in [0.25, 0.3) is 0 Å². The summed E-state index contributed by atoms with van der Waals surface area (Å²) in [5.41, 5.74) is 0.210. The molecule has 3 saturated heterocycles. The Bertz CT molecular complexity index is 587. The van der Waals surface area contributed by atoms with Crippen LogP contribution in [0.4, 0.5) is 5.82 Å². The van der Waals surface area contributed by atoms with Crippen LogP contribution in [0.2, 0.25) is 0 Å². The lowest BCUT2D eigenvalue weighted by Crippen LogP contribution is -2.37. The molecule has 0 radical (unpaired) electrons. The fraction of sp³-hybridized carbons (Fsp3) is 0.643. The number of hydrogen-bond donors (Lipinski definition) is 1. The van der Waals surface area contributed by atoms with Crippen molar-refractivity contribution in [3.8, 4) is 6.07 Å². The highest BCUT2D eigenvalue weighted by atomic mass is 16.5. The van der Waals surface area contributed by atoms with Gasteiger partial charge in [0.2, 0.25) is 0 Å². The molecule has 2 bridgehead atoms. The predicted molar refractivity (Wildman–Crippen MR) is 69.9 cm³/mol. The smallest absolute Gasteiger partial charge is 0.183 e. The fourth-order valence-electron chi connectivity index (χ4n) is 4.24. The molecule has 0 aromatic carbocycles. The molecule has 4 heterocycles. The minimum Gasteiger partial charge on any atom is -0.396 e. The van der Waals surface area contributed by atoms with Gasteiger partial charge in [-0.15, -0.1) is 0 Å². The first-order valence-electron chi connectivity index (χ1n) is 7.02. The second-order valence-electron chi connectivity index (χ2n) is 5.93. The summed E-state index contributed by atoms with van der Waals surface area (Å²) >= 11 is 0. The van der Waals surface area contributed by atoms with Crippen molar-refractivity contribution in [2.45, 2.75) is 24.5 Å². The lowest BCUT2D eigenvalue weighted by molar-refractivity contribution is 0.0128. The lowest BCUT2D eigenvalue weighted by Gasteiger charge is -2.27. The Hall–Kier alpha value is -1.71. The van der Waals surface area contributed by atoms with Gasteiger partial charge in [0.25, 0.3) is 0 Å². The van der Waals surface area contributed by atoms with Crippen molar-refractivity contribution in [1.82, 2.24) is 9.97 Å². The average molecular weight is 272 g/mol. The molecule has 1 spiro atoms. The van der Waals surface area contributed by atoms with Gasteiger partial charge in [-0.05, 0) is 12.8 Å². The molecule has 6 heteroatoms. The summed E-state index contributed by atoms with van der Waals surface area (Å²) in [5, 5.41) is 18.8. The zero-order chi connectivity index (χ0) is 13.7. The number of anilines is 1. The van der Waals surface area contributed by atoms with Gasteiger partial charge in [-0.1, -0.05) is 0 Å². The van der Waals surface area contributed by atoms with Crippen molar-refractivity contribution in [1.29, 1.82) is 5.26 Å². The van der Waals surface area contributed by atoms with Crippen LogP contribution < -0.4 is 4.90 Å². The Balaban J connectivity index is 1.67. The largest absolute Gasteiger partial charge is 0.396 e. The predicted octanol–water partition coefficient (Wildman–Crippen LogP) is 0.324. The van der Waals surface area contributed by atoms with E-state index in [-0.39, 0.29) is 24.2 Å². The molecule has 6 nitrogen and oxygen atoms in total. The molecule has 1 N–H and O–H groups in total. The summed E-state index contributed by atoms with van der Waals surface area (Å²) in [6, 6.07) is 2.10. The van der Waals surface area contributed by atoms with Crippen molar-refractivity contribution in [2.24, 2.45) is 11.8 Å². The van der Waals surface area contributed by atoms with Crippen LogP contribution in [0.1, 0.15) is 18.5 Å². The standard InChI is InChI=1S/C14H16N4O2/c15-5-11-13(17-4-3-16-11)18-6-10-9(7-19)12-1-2-14(10,8-18)20-12/h3-4,9-10,12,19H,1-2,6-8H2/t9-,10+,12+,14+/m1/s1. The molecule has 1 aromatic heterocycles. The third-order valence-electron chi connectivity index (χ3n) is 5.08. The molecule has 0 amide bonds. The molecule has 1 aromatic rings. The monoisotopic (exact) mass is 272 g/mol. The van der Waals surface area contributed by atoms with Gasteiger partial charge >= 0.3 is 0 Å². The minimum atomic E-state index is -0.150. The maximum absolute atomic E-state index is 9.61. The van der Waals surface area contributed by atoms with Gasteiger partial charge in [-0.25, -0.2) is 9.97 Å². The highest BCUT2D eigenvalue weighted by Crippen LogP contribution is 2.55. The molecule has 104 valence electrons. The molecule has 4 rings (SSSR count). The third-order valence-corrected chi connectivity index (χ3v) is 5.08. The quantitative estimate of drug-likeness (QED) is 0.835. The molecule has 4 atom stereocenters. The number of aliphatic hydroxyl groups is 1. The van der Waals surface area contributed by atoms with Gasteiger partial charge in [-0.2, -0.15) is 5.26 Å². The van der Waals surface area contributed by atoms with E-state index < -0.39 is 0 Å². The van der Waals surface area contributed by atoms with E-state index in [0.717, 1.165) is 25.9 Å². The molecule has 0 unspecified atom stereocenters. The number of rotatable bonds is 2.